The van der Waals surface area contributed by atoms with Crippen molar-refractivity contribution in [3.05, 3.63) is 35.9 Å². The van der Waals surface area contributed by atoms with Crippen molar-refractivity contribution < 1.29 is 17.7 Å². The smallest absolute Gasteiger partial charge is 0.224 e. The predicted molar refractivity (Wildman–Crippen MR) is 111 cm³/mol. The third-order valence-corrected chi connectivity index (χ3v) is 7.96. The van der Waals surface area contributed by atoms with Gasteiger partial charge in [0.25, 0.3) is 0 Å². The molecule has 1 aromatic carbocycles. The molecule has 1 N–H and O–H groups in total. The van der Waals surface area contributed by atoms with Gasteiger partial charge in [-0.1, -0.05) is 30.3 Å². The normalized spacial score (nSPS) is 27.6. The Morgan fingerprint density at radius 2 is 1.78 bits per heavy atom. The summed E-state index contributed by atoms with van der Waals surface area (Å²) in [5.41, 5.74) is 1.01. The van der Waals surface area contributed by atoms with Gasteiger partial charge in [0.1, 0.15) is 6.04 Å². The van der Waals surface area contributed by atoms with E-state index in [0.717, 1.165) is 29.6 Å². The summed E-state index contributed by atoms with van der Waals surface area (Å²) in [5.74, 6) is 0.0369. The molecule has 2 fully saturated rings. The van der Waals surface area contributed by atoms with Crippen LogP contribution in [-0.2, 0) is 21.1 Å². The Bertz CT molecular complexity index is 733. The van der Waals surface area contributed by atoms with Gasteiger partial charge in [0.2, 0.25) is 5.91 Å². The molecule has 3 rings (SSSR count). The first-order chi connectivity index (χ1) is 12.3. The van der Waals surface area contributed by atoms with Crippen LogP contribution in [0.1, 0.15) is 37.7 Å². The summed E-state index contributed by atoms with van der Waals surface area (Å²) in [6.45, 7) is 2.15. The molecule has 1 saturated heterocycles. The molecule has 1 heterocycles. The van der Waals surface area contributed by atoms with E-state index in [1.54, 1.807) is 0 Å². The Kier molecular flexibility index (Phi) is 7.33. The molecule has 1 aliphatic carbocycles. The van der Waals surface area contributed by atoms with Gasteiger partial charge in [-0.05, 0) is 18.4 Å². The number of hydrogen-bond acceptors (Lipinski definition) is 3. The number of carbonyl (C=O) groups is 1. The predicted octanol–water partition coefficient (Wildman–Crippen LogP) is 2.34. The number of nitrogens with zero attached hydrogens (tertiary/aromatic N) is 1. The van der Waals surface area contributed by atoms with Gasteiger partial charge < -0.3 is 9.80 Å². The molecule has 0 aromatic heterocycles. The van der Waals surface area contributed by atoms with Crippen molar-refractivity contribution in [3.63, 3.8) is 0 Å². The number of likely N-dealkylation sites (N-methyl/N-ethyl adjacent to an activating group) is 1. The molecule has 152 valence electrons. The van der Waals surface area contributed by atoms with Crippen LogP contribution in [0.3, 0.4) is 0 Å². The molecule has 1 saturated carbocycles. The van der Waals surface area contributed by atoms with E-state index in [0.29, 0.717) is 19.3 Å². The van der Waals surface area contributed by atoms with Crippen LogP contribution in [0, 0.1) is 0 Å². The highest BCUT2D eigenvalue weighted by molar-refractivity contribution is 7.91. The number of sulfone groups is 1. The maximum atomic E-state index is 12.6. The number of benzene rings is 1. The Hall–Kier alpha value is -1.11. The highest BCUT2D eigenvalue weighted by Crippen LogP contribution is 2.34. The van der Waals surface area contributed by atoms with Crippen LogP contribution >= 0.6 is 12.4 Å². The molecular formula is C20H32ClN2O3S+. The van der Waals surface area contributed by atoms with Crippen LogP contribution in [0.4, 0.5) is 0 Å². The molecule has 1 unspecified atom stereocenters. The van der Waals surface area contributed by atoms with Gasteiger partial charge >= 0.3 is 0 Å². The third-order valence-electron chi connectivity index (χ3n) is 6.32. The quantitative estimate of drug-likeness (QED) is 0.751. The molecule has 3 atom stereocenters. The van der Waals surface area contributed by atoms with E-state index in [1.807, 2.05) is 30.3 Å². The van der Waals surface area contributed by atoms with Gasteiger partial charge in [-0.2, -0.15) is 0 Å². The Morgan fingerprint density at radius 3 is 2.37 bits per heavy atom. The summed E-state index contributed by atoms with van der Waals surface area (Å²) < 4.78 is 25.1. The minimum atomic E-state index is -3.04. The van der Waals surface area contributed by atoms with Crippen molar-refractivity contribution in [1.82, 2.24) is 5.32 Å². The van der Waals surface area contributed by atoms with Crippen LogP contribution in [0.2, 0.25) is 0 Å². The number of carbonyl (C=O) groups excluding carboxylic acids is 1. The zero-order valence-electron chi connectivity index (χ0n) is 16.3. The topological polar surface area (TPSA) is 63.2 Å². The van der Waals surface area contributed by atoms with Crippen LogP contribution in [0.25, 0.3) is 0 Å². The third kappa shape index (κ3) is 5.46. The number of quaternary nitrogens is 1. The maximum Gasteiger partial charge on any atom is 0.224 e. The van der Waals surface area contributed by atoms with Crippen molar-refractivity contribution in [2.45, 2.75) is 55.9 Å². The number of likely N-dealkylation sites (tertiary alicyclic amines) is 1. The van der Waals surface area contributed by atoms with Crippen LogP contribution in [0.5, 0.6) is 0 Å². The lowest BCUT2D eigenvalue weighted by Crippen LogP contribution is -2.63. The second-order valence-corrected chi connectivity index (χ2v) is 10.6. The molecule has 0 radical (unpaired) electrons. The molecule has 0 spiro atoms. The summed E-state index contributed by atoms with van der Waals surface area (Å²) in [6.07, 6.45) is 6.15. The number of rotatable bonds is 5. The summed E-state index contributed by atoms with van der Waals surface area (Å²) in [5, 5.41) is 2.97. The van der Waals surface area contributed by atoms with Crippen molar-refractivity contribution in [2.75, 3.05) is 26.4 Å². The molecular weight excluding hydrogens is 384 g/mol. The van der Waals surface area contributed by atoms with Crippen LogP contribution in [-0.4, -0.2) is 62.5 Å². The van der Waals surface area contributed by atoms with Crippen LogP contribution in [0.15, 0.2) is 30.3 Å². The number of hydrogen-bond donors (Lipinski definition) is 1. The zero-order valence-corrected chi connectivity index (χ0v) is 17.9. The van der Waals surface area contributed by atoms with E-state index in [4.69, 9.17) is 0 Å². The largest absolute Gasteiger partial charge is 0.347 e. The van der Waals surface area contributed by atoms with Crippen molar-refractivity contribution in [2.24, 2.45) is 0 Å². The molecule has 2 aliphatic rings. The molecule has 0 bridgehead atoms. The van der Waals surface area contributed by atoms with E-state index in [-0.39, 0.29) is 35.6 Å². The molecule has 1 aromatic rings. The van der Waals surface area contributed by atoms with E-state index in [1.165, 1.54) is 19.1 Å². The van der Waals surface area contributed by atoms with Crippen molar-refractivity contribution >= 4 is 28.2 Å². The standard InChI is InChI=1S/C20H30N2O3S.ClH/c1-22(12-6-7-13-22)19-15-17(26(2,24)25)10-11-18(19)21-20(23)14-16-8-4-3-5-9-16;/h3-5,8-9,17-19H,6-7,10-15H2,1-2H3;1H/p+1/t17-,18?,19+;/m0./s1. The second-order valence-electron chi connectivity index (χ2n) is 8.30. The van der Waals surface area contributed by atoms with E-state index in [2.05, 4.69) is 12.4 Å². The minimum Gasteiger partial charge on any atom is -0.347 e. The highest BCUT2D eigenvalue weighted by Gasteiger charge is 2.46. The van der Waals surface area contributed by atoms with Crippen molar-refractivity contribution in [1.29, 1.82) is 0 Å². The lowest BCUT2D eigenvalue weighted by molar-refractivity contribution is -0.924. The maximum absolute atomic E-state index is 12.6. The van der Waals surface area contributed by atoms with Crippen LogP contribution < -0.4 is 5.32 Å². The van der Waals surface area contributed by atoms with Gasteiger partial charge in [-0.3, -0.25) is 4.79 Å². The lowest BCUT2D eigenvalue weighted by atomic mass is 9.87. The van der Waals surface area contributed by atoms with Gasteiger partial charge in [0, 0.05) is 25.5 Å². The minimum absolute atomic E-state index is 0. The van der Waals surface area contributed by atoms with Gasteiger partial charge in [0.15, 0.2) is 9.84 Å². The molecule has 1 amide bonds. The summed E-state index contributed by atoms with van der Waals surface area (Å²) in [7, 11) is -0.803. The van der Waals surface area contributed by atoms with E-state index >= 15 is 0 Å². The number of nitrogens with one attached hydrogen (secondary N) is 1. The van der Waals surface area contributed by atoms with Gasteiger partial charge in [-0.15, -0.1) is 12.4 Å². The zero-order chi connectivity index (χ0) is 18.8. The first kappa shape index (κ1) is 22.2. The second kappa shape index (κ2) is 8.93. The number of halogens is 1. The van der Waals surface area contributed by atoms with Gasteiger partial charge in [-0.25, -0.2) is 8.42 Å². The van der Waals surface area contributed by atoms with Gasteiger partial charge in [0.05, 0.1) is 37.8 Å². The number of amides is 1. The SMILES string of the molecule is C[N+]1([C@@H]2C[C@@H](S(C)(=O)=O)CCC2NC(=O)Cc2ccccc2)CCCC1.Cl. The molecule has 5 nitrogen and oxygen atoms in total. The molecule has 7 heteroatoms. The Balaban J connectivity index is 0.00000261. The first-order valence-corrected chi connectivity index (χ1v) is 11.6. The monoisotopic (exact) mass is 415 g/mol. The fraction of sp³-hybridized carbons (Fsp3) is 0.650. The van der Waals surface area contributed by atoms with E-state index in [9.17, 15) is 13.2 Å². The Labute approximate surface area is 169 Å². The fourth-order valence-corrected chi connectivity index (χ4v) is 5.89. The summed E-state index contributed by atoms with van der Waals surface area (Å²) >= 11 is 0. The average Bonchev–Trinajstić information content (AvgIpc) is 3.02. The average molecular weight is 416 g/mol. The van der Waals surface area contributed by atoms with E-state index < -0.39 is 9.84 Å². The Morgan fingerprint density at radius 1 is 1.15 bits per heavy atom. The lowest BCUT2D eigenvalue weighted by Gasteiger charge is -2.46. The fourth-order valence-electron chi connectivity index (χ4n) is 4.78. The summed E-state index contributed by atoms with van der Waals surface area (Å²) in [6, 6.07) is 10.0. The molecule has 1 aliphatic heterocycles. The first-order valence-electron chi connectivity index (χ1n) is 9.64. The summed E-state index contributed by atoms with van der Waals surface area (Å²) in [4.78, 5) is 12.6. The molecule has 27 heavy (non-hydrogen) atoms. The highest BCUT2D eigenvalue weighted by atomic mass is 35.5. The van der Waals surface area contributed by atoms with Crippen molar-refractivity contribution in [3.8, 4) is 0 Å².